The molecule has 0 amide bonds. The van der Waals surface area contributed by atoms with Crippen LogP contribution in [0.4, 0.5) is 4.39 Å². The second-order valence-electron chi connectivity index (χ2n) is 5.31. The molecule has 1 aromatic rings. The molecule has 0 radical (unpaired) electrons. The van der Waals surface area contributed by atoms with Crippen LogP contribution < -0.4 is 11.2 Å². The van der Waals surface area contributed by atoms with Crippen molar-refractivity contribution in [3.8, 4) is 6.07 Å². The van der Waals surface area contributed by atoms with Crippen molar-refractivity contribution < 1.29 is 18.2 Å². The first-order valence-corrected chi connectivity index (χ1v) is 10.3. The standard InChI is InChI=1S/C14H18FIN3O5P/c1-3-9-11(24-25(2)22-6-4-5-17)10(15)13(23-9)19-7-8(16)12(20)18-14(19)21/h7,9-11,13H,3-4,6H2,1-2H3,(H,18,20,21)/t9-,10?,11+,13-,25?/m1/s1. The van der Waals surface area contributed by atoms with E-state index in [-0.39, 0.29) is 16.6 Å². The first-order chi connectivity index (χ1) is 11.9. The lowest BCUT2D eigenvalue weighted by Gasteiger charge is -2.22. The Labute approximate surface area is 158 Å². The van der Waals surface area contributed by atoms with Gasteiger partial charge in [-0.05, 0) is 29.0 Å². The van der Waals surface area contributed by atoms with E-state index in [0.717, 1.165) is 4.57 Å². The van der Waals surface area contributed by atoms with Crippen LogP contribution in [0.25, 0.3) is 0 Å². The zero-order chi connectivity index (χ0) is 18.6. The van der Waals surface area contributed by atoms with Gasteiger partial charge in [0.15, 0.2) is 20.8 Å². The van der Waals surface area contributed by atoms with Crippen molar-refractivity contribution in [3.63, 3.8) is 0 Å². The summed E-state index contributed by atoms with van der Waals surface area (Å²) in [6.45, 7) is 3.71. The van der Waals surface area contributed by atoms with E-state index in [4.69, 9.17) is 19.0 Å². The number of halogens is 2. The monoisotopic (exact) mass is 485 g/mol. The van der Waals surface area contributed by atoms with Gasteiger partial charge in [0.2, 0.25) is 0 Å². The van der Waals surface area contributed by atoms with Gasteiger partial charge >= 0.3 is 5.69 Å². The number of ether oxygens (including phenoxy) is 1. The summed E-state index contributed by atoms with van der Waals surface area (Å²) in [5, 5.41) is 8.51. The maximum absolute atomic E-state index is 14.9. The van der Waals surface area contributed by atoms with Crippen LogP contribution in [0.5, 0.6) is 0 Å². The molecule has 1 aromatic heterocycles. The normalized spacial score (nSPS) is 27.2. The SMILES string of the molecule is CC[C@H]1O[C@@H](n2cc(I)c(=O)[nH]c2=O)C(F)[C@H]1OP(C)OCCC#N. The van der Waals surface area contributed by atoms with E-state index in [1.54, 1.807) is 29.3 Å². The topological polar surface area (TPSA) is 106 Å². The highest BCUT2D eigenvalue weighted by atomic mass is 127. The van der Waals surface area contributed by atoms with Crippen molar-refractivity contribution >= 4 is 31.0 Å². The Bertz CT molecular complexity index is 751. The Morgan fingerprint density at radius 2 is 2.28 bits per heavy atom. The van der Waals surface area contributed by atoms with Crippen molar-refractivity contribution in [2.24, 2.45) is 0 Å². The van der Waals surface area contributed by atoms with Gasteiger partial charge in [-0.15, -0.1) is 0 Å². The van der Waals surface area contributed by atoms with Gasteiger partial charge in [0.05, 0.1) is 28.8 Å². The van der Waals surface area contributed by atoms with Gasteiger partial charge in [0.25, 0.3) is 5.56 Å². The third-order valence-electron chi connectivity index (χ3n) is 3.62. The predicted octanol–water partition coefficient (Wildman–Crippen LogP) is 2.04. The highest BCUT2D eigenvalue weighted by Crippen LogP contribution is 2.43. The lowest BCUT2D eigenvalue weighted by Crippen LogP contribution is -2.37. The van der Waals surface area contributed by atoms with Crippen LogP contribution in [0.1, 0.15) is 26.0 Å². The van der Waals surface area contributed by atoms with E-state index in [9.17, 15) is 14.0 Å². The molecule has 0 saturated carbocycles. The van der Waals surface area contributed by atoms with Gasteiger partial charge in [0, 0.05) is 12.9 Å². The Morgan fingerprint density at radius 3 is 2.92 bits per heavy atom. The molecule has 1 fully saturated rings. The largest absolute Gasteiger partial charge is 0.349 e. The number of H-pyrrole nitrogens is 1. The fraction of sp³-hybridized carbons (Fsp3) is 0.643. The molecule has 1 N–H and O–H groups in total. The molecule has 138 valence electrons. The molecule has 2 rings (SSSR count). The maximum Gasteiger partial charge on any atom is 0.330 e. The zero-order valence-corrected chi connectivity index (χ0v) is 16.7. The van der Waals surface area contributed by atoms with Crippen molar-refractivity contribution in [2.75, 3.05) is 13.3 Å². The molecule has 0 aliphatic carbocycles. The Kier molecular flexibility index (Phi) is 7.51. The summed E-state index contributed by atoms with van der Waals surface area (Å²) in [7, 11) is -1.39. The van der Waals surface area contributed by atoms with E-state index >= 15 is 0 Å². The van der Waals surface area contributed by atoms with Gasteiger partial charge in [0.1, 0.15) is 6.10 Å². The lowest BCUT2D eigenvalue weighted by atomic mass is 10.1. The molecule has 1 aliphatic rings. The molecule has 1 aliphatic heterocycles. The highest BCUT2D eigenvalue weighted by Gasteiger charge is 2.47. The van der Waals surface area contributed by atoms with E-state index < -0.39 is 44.2 Å². The molecular formula is C14H18FIN3O5P. The molecule has 8 nitrogen and oxygen atoms in total. The summed E-state index contributed by atoms with van der Waals surface area (Å²) in [6, 6.07) is 1.95. The summed E-state index contributed by atoms with van der Waals surface area (Å²) in [4.78, 5) is 25.6. The lowest BCUT2D eigenvalue weighted by molar-refractivity contribution is -0.0268. The van der Waals surface area contributed by atoms with Crippen molar-refractivity contribution in [1.29, 1.82) is 5.26 Å². The summed E-state index contributed by atoms with van der Waals surface area (Å²) >= 11 is 1.76. The summed E-state index contributed by atoms with van der Waals surface area (Å²) in [5.74, 6) is 0. The molecule has 5 atom stereocenters. The van der Waals surface area contributed by atoms with Gasteiger partial charge in [-0.2, -0.15) is 5.26 Å². The van der Waals surface area contributed by atoms with Crippen LogP contribution in [0, 0.1) is 14.9 Å². The molecule has 25 heavy (non-hydrogen) atoms. The smallest absolute Gasteiger partial charge is 0.330 e. The molecule has 2 heterocycles. The average molecular weight is 485 g/mol. The van der Waals surface area contributed by atoms with Crippen LogP contribution in [0.15, 0.2) is 15.8 Å². The average Bonchev–Trinajstić information content (AvgIpc) is 2.87. The minimum atomic E-state index is -1.60. The predicted molar refractivity (Wildman–Crippen MR) is 97.0 cm³/mol. The molecule has 11 heteroatoms. The van der Waals surface area contributed by atoms with Crippen LogP contribution in [0.3, 0.4) is 0 Å². The molecule has 1 saturated heterocycles. The van der Waals surface area contributed by atoms with E-state index in [2.05, 4.69) is 4.98 Å². The second kappa shape index (κ2) is 9.19. The number of hydrogen-bond acceptors (Lipinski definition) is 6. The fourth-order valence-electron chi connectivity index (χ4n) is 2.44. The Morgan fingerprint density at radius 1 is 1.56 bits per heavy atom. The number of rotatable bonds is 7. The number of nitrogens with zero attached hydrogens (tertiary/aromatic N) is 2. The minimum absolute atomic E-state index is 0.209. The quantitative estimate of drug-likeness (QED) is 0.360. The molecular weight excluding hydrogens is 467 g/mol. The highest BCUT2D eigenvalue weighted by molar-refractivity contribution is 14.1. The summed E-state index contributed by atoms with van der Waals surface area (Å²) in [5.41, 5.74) is -1.27. The maximum atomic E-state index is 14.9. The van der Waals surface area contributed by atoms with Crippen molar-refractivity contribution in [1.82, 2.24) is 9.55 Å². The molecule has 0 spiro atoms. The van der Waals surface area contributed by atoms with Crippen LogP contribution in [-0.4, -0.2) is 41.2 Å². The number of aromatic amines is 1. The number of nitriles is 1. The van der Waals surface area contributed by atoms with E-state index in [1.165, 1.54) is 6.20 Å². The number of nitrogens with one attached hydrogen (secondary N) is 1. The Hall–Kier alpha value is -0.860. The van der Waals surface area contributed by atoms with Crippen molar-refractivity contribution in [2.45, 2.75) is 44.4 Å². The number of aromatic nitrogens is 2. The second-order valence-corrected chi connectivity index (χ2v) is 7.82. The number of hydrogen-bond donors (Lipinski definition) is 1. The van der Waals surface area contributed by atoms with Gasteiger partial charge in [-0.3, -0.25) is 14.3 Å². The van der Waals surface area contributed by atoms with Gasteiger partial charge in [-0.1, -0.05) is 6.92 Å². The summed E-state index contributed by atoms with van der Waals surface area (Å²) in [6.07, 6.45) is -2.26. The molecule has 0 bridgehead atoms. The van der Waals surface area contributed by atoms with Gasteiger partial charge < -0.3 is 13.8 Å². The molecule has 2 unspecified atom stereocenters. The van der Waals surface area contributed by atoms with Crippen LogP contribution in [0.2, 0.25) is 0 Å². The van der Waals surface area contributed by atoms with Crippen LogP contribution in [-0.2, 0) is 13.8 Å². The minimum Gasteiger partial charge on any atom is -0.349 e. The van der Waals surface area contributed by atoms with E-state index in [1.807, 2.05) is 13.0 Å². The van der Waals surface area contributed by atoms with Gasteiger partial charge in [-0.25, -0.2) is 9.18 Å². The third kappa shape index (κ3) is 4.86. The first-order valence-electron chi connectivity index (χ1n) is 7.59. The Balaban J connectivity index is 2.16. The first kappa shape index (κ1) is 20.5. The summed E-state index contributed by atoms with van der Waals surface area (Å²) < 4.78 is 32.9. The number of alkyl halides is 1. The molecule has 0 aromatic carbocycles. The van der Waals surface area contributed by atoms with Crippen molar-refractivity contribution in [3.05, 3.63) is 30.6 Å². The third-order valence-corrected chi connectivity index (χ3v) is 5.48. The fourth-order valence-corrected chi connectivity index (χ4v) is 3.88. The van der Waals surface area contributed by atoms with E-state index in [0.29, 0.717) is 6.42 Å². The van der Waals surface area contributed by atoms with Crippen LogP contribution >= 0.6 is 31.0 Å². The zero-order valence-electron chi connectivity index (χ0n) is 13.6.